The minimum Gasteiger partial charge on any atom is -0.497 e. The third-order valence-electron chi connectivity index (χ3n) is 4.74. The van der Waals surface area contributed by atoms with Crippen LogP contribution in [0.1, 0.15) is 30.7 Å². The van der Waals surface area contributed by atoms with Crippen LogP contribution in [-0.4, -0.2) is 40.7 Å². The van der Waals surface area contributed by atoms with Crippen molar-refractivity contribution < 1.29 is 23.8 Å². The van der Waals surface area contributed by atoms with Crippen LogP contribution in [-0.2, 0) is 25.6 Å². The molecule has 0 saturated carbocycles. The fraction of sp³-hybridized carbons (Fsp3) is 0.400. The number of esters is 1. The Morgan fingerprint density at radius 2 is 1.97 bits per heavy atom. The average Bonchev–Trinajstić information content (AvgIpc) is 3.10. The fourth-order valence-corrected chi connectivity index (χ4v) is 3.30. The molecular formula is C20H22N2O7. The zero-order valence-electron chi connectivity index (χ0n) is 16.4. The fourth-order valence-electron chi connectivity index (χ4n) is 3.30. The second kappa shape index (κ2) is 8.44. The number of hydrogen-bond acceptors (Lipinski definition) is 7. The summed E-state index contributed by atoms with van der Waals surface area (Å²) in [6.45, 7) is 2.90. The SMILES string of the molecule is COc1ccc(Cn2c(=O)c(C)cn([C@H]3C[C@H](OC(C)=O)[C@@H](C=O)O3)c2=O)cc1. The molecule has 0 spiro atoms. The van der Waals surface area contributed by atoms with Gasteiger partial charge in [-0.3, -0.25) is 18.7 Å². The zero-order chi connectivity index (χ0) is 21.1. The molecule has 1 aromatic heterocycles. The topological polar surface area (TPSA) is 106 Å². The Hall–Kier alpha value is -3.20. The van der Waals surface area contributed by atoms with E-state index in [2.05, 4.69) is 0 Å². The van der Waals surface area contributed by atoms with Gasteiger partial charge in [-0.15, -0.1) is 0 Å². The molecule has 0 radical (unpaired) electrons. The van der Waals surface area contributed by atoms with Crippen molar-refractivity contribution in [2.45, 2.75) is 45.2 Å². The average molecular weight is 402 g/mol. The molecule has 29 heavy (non-hydrogen) atoms. The standard InChI is InChI=1S/C20H22N2O7/c1-12-9-21(18-8-16(28-13(2)24)17(11-23)29-18)20(26)22(19(12)25)10-14-4-6-15(27-3)7-5-14/h4-7,9,11,16-18H,8,10H2,1-3H3/t16-,17+,18+/m0/s1. The first-order valence-electron chi connectivity index (χ1n) is 9.07. The van der Waals surface area contributed by atoms with E-state index in [0.717, 1.165) is 10.1 Å². The largest absolute Gasteiger partial charge is 0.497 e. The molecule has 1 fully saturated rings. The van der Waals surface area contributed by atoms with Gasteiger partial charge >= 0.3 is 11.7 Å². The molecule has 2 heterocycles. The van der Waals surface area contributed by atoms with E-state index in [1.807, 2.05) is 0 Å². The Bertz CT molecular complexity index is 1020. The van der Waals surface area contributed by atoms with Crippen LogP contribution in [0.3, 0.4) is 0 Å². The van der Waals surface area contributed by atoms with E-state index in [-0.39, 0.29) is 13.0 Å². The van der Waals surface area contributed by atoms with Crippen molar-refractivity contribution in [1.82, 2.24) is 9.13 Å². The minimum absolute atomic E-state index is 0.0700. The number of hydrogen-bond donors (Lipinski definition) is 0. The molecule has 0 amide bonds. The summed E-state index contributed by atoms with van der Waals surface area (Å²) in [7, 11) is 1.55. The molecule has 0 N–H and O–H groups in total. The van der Waals surface area contributed by atoms with Crippen LogP contribution < -0.4 is 16.0 Å². The lowest BCUT2D eigenvalue weighted by Gasteiger charge is -2.17. The van der Waals surface area contributed by atoms with Gasteiger partial charge in [-0.05, 0) is 24.6 Å². The third-order valence-corrected chi connectivity index (χ3v) is 4.74. The second-order valence-electron chi connectivity index (χ2n) is 6.82. The summed E-state index contributed by atoms with van der Waals surface area (Å²) in [6.07, 6.45) is -0.523. The highest BCUT2D eigenvalue weighted by atomic mass is 16.6. The van der Waals surface area contributed by atoms with Crippen molar-refractivity contribution in [3.05, 3.63) is 62.4 Å². The van der Waals surface area contributed by atoms with E-state index in [9.17, 15) is 19.2 Å². The molecule has 1 aliphatic rings. The molecule has 9 nitrogen and oxygen atoms in total. The number of aryl methyl sites for hydroxylation is 1. The molecular weight excluding hydrogens is 380 g/mol. The zero-order valence-corrected chi connectivity index (χ0v) is 16.4. The molecule has 1 aromatic carbocycles. The van der Waals surface area contributed by atoms with Crippen molar-refractivity contribution in [1.29, 1.82) is 0 Å². The van der Waals surface area contributed by atoms with Crippen LogP contribution in [0.4, 0.5) is 0 Å². The lowest BCUT2D eigenvalue weighted by atomic mass is 10.2. The molecule has 0 unspecified atom stereocenters. The lowest BCUT2D eigenvalue weighted by molar-refractivity contribution is -0.150. The maximum absolute atomic E-state index is 13.0. The van der Waals surface area contributed by atoms with E-state index in [4.69, 9.17) is 14.2 Å². The quantitative estimate of drug-likeness (QED) is 0.520. The third kappa shape index (κ3) is 4.29. The first-order chi connectivity index (χ1) is 13.8. The van der Waals surface area contributed by atoms with Crippen molar-refractivity contribution in [2.24, 2.45) is 0 Å². The van der Waals surface area contributed by atoms with Crippen molar-refractivity contribution in [2.75, 3.05) is 7.11 Å². The molecule has 0 bridgehead atoms. The van der Waals surface area contributed by atoms with Gasteiger partial charge in [0.15, 0.2) is 12.4 Å². The van der Waals surface area contributed by atoms with Gasteiger partial charge in [0.05, 0.1) is 13.7 Å². The highest BCUT2D eigenvalue weighted by Gasteiger charge is 2.39. The number of ether oxygens (including phenoxy) is 3. The maximum Gasteiger partial charge on any atom is 0.333 e. The minimum atomic E-state index is -0.974. The Morgan fingerprint density at radius 3 is 2.55 bits per heavy atom. The number of methoxy groups -OCH3 is 1. The Morgan fingerprint density at radius 1 is 1.28 bits per heavy atom. The van der Waals surface area contributed by atoms with Gasteiger partial charge in [-0.2, -0.15) is 0 Å². The van der Waals surface area contributed by atoms with E-state index in [0.29, 0.717) is 17.6 Å². The highest BCUT2D eigenvalue weighted by molar-refractivity contribution is 5.67. The summed E-state index contributed by atoms with van der Waals surface area (Å²) < 4.78 is 18.2. The van der Waals surface area contributed by atoms with Crippen LogP contribution in [0, 0.1) is 6.92 Å². The number of nitrogens with zero attached hydrogens (tertiary/aromatic N) is 2. The lowest BCUT2D eigenvalue weighted by Crippen LogP contribution is -2.42. The first kappa shape index (κ1) is 20.5. The van der Waals surface area contributed by atoms with E-state index < -0.39 is 35.7 Å². The number of rotatable bonds is 6. The van der Waals surface area contributed by atoms with Crippen molar-refractivity contribution in [3.63, 3.8) is 0 Å². The van der Waals surface area contributed by atoms with Crippen LogP contribution in [0.15, 0.2) is 40.1 Å². The predicted molar refractivity (Wildman–Crippen MR) is 102 cm³/mol. The van der Waals surface area contributed by atoms with Crippen LogP contribution in [0.5, 0.6) is 5.75 Å². The van der Waals surface area contributed by atoms with E-state index in [1.165, 1.54) is 17.7 Å². The normalized spacial score (nSPS) is 21.0. The molecule has 0 aliphatic carbocycles. The Kier molecular flexibility index (Phi) is 5.97. The molecule has 2 aromatic rings. The van der Waals surface area contributed by atoms with Gasteiger partial charge < -0.3 is 19.0 Å². The number of aromatic nitrogens is 2. The second-order valence-corrected chi connectivity index (χ2v) is 6.82. The molecule has 3 rings (SSSR count). The van der Waals surface area contributed by atoms with Gasteiger partial charge in [-0.1, -0.05) is 12.1 Å². The van der Waals surface area contributed by atoms with Crippen LogP contribution in [0.2, 0.25) is 0 Å². The first-order valence-corrected chi connectivity index (χ1v) is 9.07. The summed E-state index contributed by atoms with van der Waals surface area (Å²) in [6, 6.07) is 7.02. The summed E-state index contributed by atoms with van der Waals surface area (Å²) in [5.41, 5.74) is 0.108. The number of carbonyl (C=O) groups excluding carboxylic acids is 2. The number of aldehydes is 1. The van der Waals surface area contributed by atoms with Gasteiger partial charge in [0.2, 0.25) is 0 Å². The van der Waals surface area contributed by atoms with Crippen molar-refractivity contribution in [3.8, 4) is 5.75 Å². The monoisotopic (exact) mass is 402 g/mol. The van der Waals surface area contributed by atoms with Gasteiger partial charge in [0, 0.05) is 25.1 Å². The van der Waals surface area contributed by atoms with E-state index >= 15 is 0 Å². The number of carbonyl (C=O) groups is 2. The molecule has 1 aliphatic heterocycles. The van der Waals surface area contributed by atoms with Gasteiger partial charge in [0.25, 0.3) is 5.56 Å². The molecule has 9 heteroatoms. The van der Waals surface area contributed by atoms with Crippen molar-refractivity contribution >= 4 is 12.3 Å². The summed E-state index contributed by atoms with van der Waals surface area (Å²) in [5, 5.41) is 0. The maximum atomic E-state index is 13.0. The molecule has 154 valence electrons. The Balaban J connectivity index is 1.95. The summed E-state index contributed by atoms with van der Waals surface area (Å²) in [4.78, 5) is 48.1. The Labute approximate surface area is 166 Å². The smallest absolute Gasteiger partial charge is 0.333 e. The summed E-state index contributed by atoms with van der Waals surface area (Å²) in [5.74, 6) is 0.123. The molecule has 1 saturated heterocycles. The van der Waals surface area contributed by atoms with Gasteiger partial charge in [-0.25, -0.2) is 4.79 Å². The molecule has 3 atom stereocenters. The predicted octanol–water partition coefficient (Wildman–Crippen LogP) is 0.793. The van der Waals surface area contributed by atoms with Crippen LogP contribution >= 0.6 is 0 Å². The highest BCUT2D eigenvalue weighted by Crippen LogP contribution is 2.29. The number of benzene rings is 1. The van der Waals surface area contributed by atoms with Gasteiger partial charge in [0.1, 0.15) is 18.1 Å². The van der Waals surface area contributed by atoms with Crippen LogP contribution in [0.25, 0.3) is 0 Å². The van der Waals surface area contributed by atoms with E-state index in [1.54, 1.807) is 38.3 Å². The summed E-state index contributed by atoms with van der Waals surface area (Å²) >= 11 is 0.